The van der Waals surface area contributed by atoms with Gasteiger partial charge in [-0.2, -0.15) is 5.26 Å². The zero-order chi connectivity index (χ0) is 16.0. The van der Waals surface area contributed by atoms with E-state index in [4.69, 9.17) is 18.9 Å². The first-order valence-electron chi connectivity index (χ1n) is 5.91. The molecule has 0 aliphatic rings. The Bertz CT molecular complexity index is 563. The molecule has 0 aliphatic heterocycles. The van der Waals surface area contributed by atoms with Gasteiger partial charge in [0.15, 0.2) is 12.0 Å². The first-order chi connectivity index (χ1) is 10.0. The van der Waals surface area contributed by atoms with Crippen LogP contribution in [0.15, 0.2) is 6.07 Å². The third kappa shape index (κ3) is 3.39. The fourth-order valence-electron chi connectivity index (χ4n) is 1.93. The number of nitrogens with zero attached hydrogens (tertiary/aromatic N) is 2. The Balaban J connectivity index is 3.54. The minimum Gasteiger partial charge on any atom is -0.493 e. The van der Waals surface area contributed by atoms with Crippen LogP contribution in [0.5, 0.6) is 11.5 Å². The van der Waals surface area contributed by atoms with Crippen LogP contribution in [0.25, 0.3) is 0 Å². The molecule has 0 saturated heterocycles. The summed E-state index contributed by atoms with van der Waals surface area (Å²) in [6.07, 6.45) is -0.466. The number of nitro groups is 1. The van der Waals surface area contributed by atoms with Crippen LogP contribution in [0.4, 0.5) is 5.69 Å². The van der Waals surface area contributed by atoms with Gasteiger partial charge in [-0.05, 0) is 11.6 Å². The molecule has 1 rings (SSSR count). The molecule has 0 heterocycles. The second-order valence-corrected chi connectivity index (χ2v) is 3.97. The van der Waals surface area contributed by atoms with E-state index in [2.05, 4.69) is 0 Å². The molecule has 0 radical (unpaired) electrons. The van der Waals surface area contributed by atoms with Gasteiger partial charge in [0.25, 0.3) is 0 Å². The third-order valence-corrected chi connectivity index (χ3v) is 2.93. The molecule has 8 nitrogen and oxygen atoms in total. The van der Waals surface area contributed by atoms with Crippen molar-refractivity contribution in [3.05, 3.63) is 27.3 Å². The second kappa shape index (κ2) is 7.42. The van der Waals surface area contributed by atoms with Crippen LogP contribution in [-0.4, -0.2) is 39.7 Å². The number of nitriles is 1. The van der Waals surface area contributed by atoms with Crippen LogP contribution in [0, 0.1) is 21.4 Å². The summed E-state index contributed by atoms with van der Waals surface area (Å²) in [5.41, 5.74) is -0.146. The maximum atomic E-state index is 11.3. The molecule has 0 aliphatic carbocycles. The smallest absolute Gasteiger partial charge is 0.332 e. The van der Waals surface area contributed by atoms with Crippen molar-refractivity contribution >= 4 is 5.69 Å². The lowest BCUT2D eigenvalue weighted by molar-refractivity contribution is -0.386. The van der Waals surface area contributed by atoms with Gasteiger partial charge in [0, 0.05) is 20.6 Å². The minimum absolute atomic E-state index is 0.0887. The Kier molecular flexibility index (Phi) is 5.90. The Hall–Kier alpha value is -2.37. The average molecular weight is 296 g/mol. The fourth-order valence-corrected chi connectivity index (χ4v) is 1.93. The quantitative estimate of drug-likeness (QED) is 0.428. The number of methoxy groups -OCH3 is 4. The molecule has 0 unspecified atom stereocenters. The third-order valence-electron chi connectivity index (χ3n) is 2.93. The second-order valence-electron chi connectivity index (χ2n) is 3.97. The van der Waals surface area contributed by atoms with Crippen molar-refractivity contribution in [2.75, 3.05) is 28.4 Å². The van der Waals surface area contributed by atoms with Crippen LogP contribution < -0.4 is 9.47 Å². The van der Waals surface area contributed by atoms with Gasteiger partial charge in [0.05, 0.1) is 19.1 Å². The van der Waals surface area contributed by atoms with Gasteiger partial charge in [0.2, 0.25) is 5.75 Å². The van der Waals surface area contributed by atoms with Crippen molar-refractivity contribution in [3.63, 3.8) is 0 Å². The van der Waals surface area contributed by atoms with Crippen LogP contribution >= 0.6 is 0 Å². The highest BCUT2D eigenvalue weighted by atomic mass is 16.7. The van der Waals surface area contributed by atoms with Gasteiger partial charge in [-0.3, -0.25) is 10.1 Å². The lowest BCUT2D eigenvalue weighted by Crippen LogP contribution is -2.17. The van der Waals surface area contributed by atoms with Crippen LogP contribution in [-0.2, 0) is 15.9 Å². The monoisotopic (exact) mass is 296 g/mol. The largest absolute Gasteiger partial charge is 0.493 e. The SMILES string of the molecule is COc1cc(CC(OC)OC)c(C#N)c([N+](=O)[O-])c1OC. The van der Waals surface area contributed by atoms with E-state index in [0.717, 1.165) is 0 Å². The average Bonchev–Trinajstić information content (AvgIpc) is 2.50. The molecule has 1 aromatic carbocycles. The molecule has 8 heteroatoms. The lowest BCUT2D eigenvalue weighted by Gasteiger charge is -2.16. The van der Waals surface area contributed by atoms with Crippen LogP contribution in [0.1, 0.15) is 11.1 Å². The molecular weight excluding hydrogens is 280 g/mol. The molecule has 0 aromatic heterocycles. The van der Waals surface area contributed by atoms with Crippen LogP contribution in [0.3, 0.4) is 0 Å². The van der Waals surface area contributed by atoms with Crippen molar-refractivity contribution < 1.29 is 23.9 Å². The first-order valence-corrected chi connectivity index (χ1v) is 5.91. The molecule has 0 amide bonds. The molecule has 0 saturated carbocycles. The van der Waals surface area contributed by atoms with Crippen LogP contribution in [0.2, 0.25) is 0 Å². The maximum Gasteiger partial charge on any atom is 0.332 e. The zero-order valence-electron chi connectivity index (χ0n) is 12.2. The molecule has 21 heavy (non-hydrogen) atoms. The number of hydrogen-bond donors (Lipinski definition) is 0. The van der Waals surface area contributed by atoms with Crippen molar-refractivity contribution in [3.8, 4) is 17.6 Å². The minimum atomic E-state index is -0.669. The molecular formula is C13H16N2O6. The van der Waals surface area contributed by atoms with Gasteiger partial charge >= 0.3 is 5.69 Å². The lowest BCUT2D eigenvalue weighted by atomic mass is 10.0. The highest BCUT2D eigenvalue weighted by molar-refractivity contribution is 5.67. The van der Waals surface area contributed by atoms with Crippen molar-refractivity contribution in [1.29, 1.82) is 5.26 Å². The van der Waals surface area contributed by atoms with E-state index in [1.54, 1.807) is 0 Å². The normalized spacial score (nSPS) is 10.3. The van der Waals surface area contributed by atoms with E-state index >= 15 is 0 Å². The van der Waals surface area contributed by atoms with Gasteiger partial charge in [-0.15, -0.1) is 0 Å². The number of benzene rings is 1. The molecule has 0 bridgehead atoms. The summed E-state index contributed by atoms with van der Waals surface area (Å²) >= 11 is 0. The molecule has 0 fully saturated rings. The number of nitro benzene ring substituents is 1. The maximum absolute atomic E-state index is 11.3. The molecule has 0 spiro atoms. The molecule has 1 aromatic rings. The van der Waals surface area contributed by atoms with E-state index in [1.165, 1.54) is 34.5 Å². The molecule has 114 valence electrons. The summed E-state index contributed by atoms with van der Waals surface area (Å²) in [7, 11) is 5.52. The van der Waals surface area contributed by atoms with Gasteiger partial charge in [0.1, 0.15) is 11.6 Å². The van der Waals surface area contributed by atoms with Gasteiger partial charge in [-0.1, -0.05) is 0 Å². The Morgan fingerprint density at radius 1 is 1.29 bits per heavy atom. The highest BCUT2D eigenvalue weighted by Gasteiger charge is 2.29. The molecule has 0 N–H and O–H groups in total. The van der Waals surface area contributed by atoms with E-state index in [1.807, 2.05) is 6.07 Å². The first kappa shape index (κ1) is 16.7. The van der Waals surface area contributed by atoms with E-state index < -0.39 is 16.9 Å². The summed E-state index contributed by atoms with van der Waals surface area (Å²) < 4.78 is 20.2. The van der Waals surface area contributed by atoms with E-state index in [-0.39, 0.29) is 23.5 Å². The Labute approximate surface area is 121 Å². The fraction of sp³-hybridized carbons (Fsp3) is 0.462. The van der Waals surface area contributed by atoms with Gasteiger partial charge in [-0.25, -0.2) is 0 Å². The van der Waals surface area contributed by atoms with E-state index in [9.17, 15) is 15.4 Å². The predicted octanol–water partition coefficient (Wildman–Crippen LogP) is 1.65. The zero-order valence-corrected chi connectivity index (χ0v) is 12.2. The summed E-state index contributed by atoms with van der Waals surface area (Å²) in [5, 5.41) is 20.5. The Morgan fingerprint density at radius 2 is 1.90 bits per heavy atom. The molecule has 0 atom stereocenters. The summed E-state index contributed by atoms with van der Waals surface area (Å²) in [6, 6.07) is 3.35. The predicted molar refractivity (Wildman–Crippen MR) is 72.4 cm³/mol. The van der Waals surface area contributed by atoms with Crippen molar-refractivity contribution in [1.82, 2.24) is 0 Å². The number of hydrogen-bond acceptors (Lipinski definition) is 7. The topological polar surface area (TPSA) is 104 Å². The Morgan fingerprint density at radius 3 is 2.29 bits per heavy atom. The summed E-state index contributed by atoms with van der Waals surface area (Å²) in [4.78, 5) is 10.6. The highest BCUT2D eigenvalue weighted by Crippen LogP contribution is 2.41. The summed E-state index contributed by atoms with van der Waals surface area (Å²) in [6.45, 7) is 0. The van der Waals surface area contributed by atoms with Gasteiger partial charge < -0.3 is 18.9 Å². The number of rotatable bonds is 7. The van der Waals surface area contributed by atoms with E-state index in [0.29, 0.717) is 5.56 Å². The van der Waals surface area contributed by atoms with Crippen molar-refractivity contribution in [2.45, 2.75) is 12.7 Å². The number of ether oxygens (including phenoxy) is 4. The summed E-state index contributed by atoms with van der Waals surface area (Å²) in [5.74, 6) is 0.0818. The standard InChI is InChI=1S/C13H16N2O6/c1-18-10-5-8(6-11(19-2)20-3)9(7-14)12(15(16)17)13(10)21-4/h5,11H,6H2,1-4H3. The van der Waals surface area contributed by atoms with Crippen molar-refractivity contribution in [2.24, 2.45) is 0 Å².